The van der Waals surface area contributed by atoms with Crippen LogP contribution >= 0.6 is 0 Å². The average Bonchev–Trinajstić information content (AvgIpc) is 3.25. The fourth-order valence-electron chi connectivity index (χ4n) is 3.04. The predicted molar refractivity (Wildman–Crippen MR) is 95.9 cm³/mol. The van der Waals surface area contributed by atoms with Crippen LogP contribution in [0.1, 0.15) is 57.0 Å². The number of rotatable bonds is 5. The van der Waals surface area contributed by atoms with Gasteiger partial charge in [0.2, 0.25) is 0 Å². The van der Waals surface area contributed by atoms with Crippen LogP contribution in [0, 0.1) is 0 Å². The first kappa shape index (κ1) is 17.3. The minimum Gasteiger partial charge on any atom is -0.494 e. The monoisotopic (exact) mass is 343 g/mol. The number of aromatic nitrogens is 1. The third-order valence-electron chi connectivity index (χ3n) is 4.40. The topological polar surface area (TPSA) is 67.6 Å². The molecule has 0 spiro atoms. The van der Waals surface area contributed by atoms with E-state index in [1.54, 1.807) is 0 Å². The Bertz CT molecular complexity index is 709. The molecule has 1 aromatic heterocycles. The minimum absolute atomic E-state index is 0.0531. The smallest absolute Gasteiger partial charge is 0.322 e. The number of ether oxygens (including phenoxy) is 1. The lowest BCUT2D eigenvalue weighted by molar-refractivity contribution is 0.195. The molecule has 0 bridgehead atoms. The van der Waals surface area contributed by atoms with Gasteiger partial charge in [0.15, 0.2) is 5.76 Å². The van der Waals surface area contributed by atoms with Crippen molar-refractivity contribution in [2.45, 2.75) is 45.6 Å². The SMILES string of the molecule is CCOc1ccc(NC(=O)N2CCCC2c2cc(C(C)C)no2)cc1. The van der Waals surface area contributed by atoms with Crippen LogP contribution in [-0.4, -0.2) is 29.2 Å². The summed E-state index contributed by atoms with van der Waals surface area (Å²) in [5, 5.41) is 7.07. The number of carbonyl (C=O) groups is 1. The first-order chi connectivity index (χ1) is 12.1. The number of amides is 2. The minimum atomic E-state index is -0.117. The number of carbonyl (C=O) groups excluding carboxylic acids is 1. The van der Waals surface area contributed by atoms with Crippen molar-refractivity contribution in [2.75, 3.05) is 18.5 Å². The van der Waals surface area contributed by atoms with E-state index >= 15 is 0 Å². The lowest BCUT2D eigenvalue weighted by atomic mass is 10.1. The zero-order chi connectivity index (χ0) is 17.8. The number of benzene rings is 1. The van der Waals surface area contributed by atoms with Crippen molar-refractivity contribution >= 4 is 11.7 Å². The van der Waals surface area contributed by atoms with E-state index in [1.165, 1.54) is 0 Å². The van der Waals surface area contributed by atoms with Gasteiger partial charge in [0, 0.05) is 18.3 Å². The van der Waals surface area contributed by atoms with E-state index in [2.05, 4.69) is 24.3 Å². The lowest BCUT2D eigenvalue weighted by Gasteiger charge is -2.23. The van der Waals surface area contributed by atoms with Gasteiger partial charge < -0.3 is 19.5 Å². The van der Waals surface area contributed by atoms with Crippen molar-refractivity contribution < 1.29 is 14.1 Å². The second-order valence-corrected chi connectivity index (χ2v) is 6.55. The zero-order valence-electron chi connectivity index (χ0n) is 15.0. The fourth-order valence-corrected chi connectivity index (χ4v) is 3.04. The number of hydrogen-bond donors (Lipinski definition) is 1. The van der Waals surface area contributed by atoms with Crippen LogP contribution in [-0.2, 0) is 0 Å². The molecule has 1 unspecified atom stereocenters. The molecule has 134 valence electrons. The van der Waals surface area contributed by atoms with Crippen LogP contribution in [0.15, 0.2) is 34.9 Å². The number of hydrogen-bond acceptors (Lipinski definition) is 4. The van der Waals surface area contributed by atoms with Crippen LogP contribution < -0.4 is 10.1 Å². The van der Waals surface area contributed by atoms with Gasteiger partial charge >= 0.3 is 6.03 Å². The maximum absolute atomic E-state index is 12.7. The van der Waals surface area contributed by atoms with Crippen LogP contribution in [0.3, 0.4) is 0 Å². The van der Waals surface area contributed by atoms with E-state index < -0.39 is 0 Å². The molecule has 0 radical (unpaired) electrons. The summed E-state index contributed by atoms with van der Waals surface area (Å²) in [5.41, 5.74) is 1.67. The van der Waals surface area contributed by atoms with Crippen molar-refractivity contribution in [1.82, 2.24) is 10.1 Å². The molecule has 2 amide bonds. The molecule has 2 aromatic rings. The Kier molecular flexibility index (Phi) is 5.26. The first-order valence-corrected chi connectivity index (χ1v) is 8.85. The highest BCUT2D eigenvalue weighted by molar-refractivity contribution is 5.89. The van der Waals surface area contributed by atoms with Gasteiger partial charge in [-0.15, -0.1) is 0 Å². The van der Waals surface area contributed by atoms with Gasteiger partial charge in [0.1, 0.15) is 5.75 Å². The van der Waals surface area contributed by atoms with Crippen molar-refractivity contribution in [3.05, 3.63) is 41.8 Å². The normalized spacial score (nSPS) is 17.1. The Morgan fingerprint density at radius 2 is 2.16 bits per heavy atom. The Morgan fingerprint density at radius 1 is 1.40 bits per heavy atom. The van der Waals surface area contributed by atoms with Crippen LogP contribution in [0.25, 0.3) is 0 Å². The molecule has 1 aliphatic rings. The first-order valence-electron chi connectivity index (χ1n) is 8.85. The highest BCUT2D eigenvalue weighted by Crippen LogP contribution is 2.33. The maximum Gasteiger partial charge on any atom is 0.322 e. The number of nitrogens with one attached hydrogen (secondary N) is 1. The van der Waals surface area contributed by atoms with Crippen LogP contribution in [0.4, 0.5) is 10.5 Å². The molecule has 0 aliphatic carbocycles. The van der Waals surface area contributed by atoms with Crippen LogP contribution in [0.2, 0.25) is 0 Å². The Hall–Kier alpha value is -2.50. The number of anilines is 1. The van der Waals surface area contributed by atoms with Gasteiger partial charge in [-0.2, -0.15) is 0 Å². The molecule has 1 aromatic carbocycles. The van der Waals surface area contributed by atoms with E-state index in [9.17, 15) is 4.79 Å². The molecule has 1 atom stereocenters. The number of nitrogens with zero attached hydrogens (tertiary/aromatic N) is 2. The quantitative estimate of drug-likeness (QED) is 0.864. The third-order valence-corrected chi connectivity index (χ3v) is 4.40. The standard InChI is InChI=1S/C19H25N3O3/c1-4-24-15-9-7-14(8-10-15)20-19(23)22-11-5-6-17(22)18-12-16(13(2)3)21-25-18/h7-10,12-13,17H,4-6,11H2,1-3H3,(H,20,23). The molecule has 6 nitrogen and oxygen atoms in total. The predicted octanol–water partition coefficient (Wildman–Crippen LogP) is 4.57. The van der Waals surface area contributed by atoms with Gasteiger partial charge in [-0.1, -0.05) is 19.0 Å². The van der Waals surface area contributed by atoms with E-state index in [-0.39, 0.29) is 12.1 Å². The molecular formula is C19H25N3O3. The van der Waals surface area contributed by atoms with E-state index in [0.717, 1.165) is 35.7 Å². The van der Waals surface area contributed by atoms with Crippen molar-refractivity contribution in [1.29, 1.82) is 0 Å². The Labute approximate surface area is 148 Å². The average molecular weight is 343 g/mol. The Balaban J connectivity index is 1.67. The lowest BCUT2D eigenvalue weighted by Crippen LogP contribution is -2.34. The molecular weight excluding hydrogens is 318 g/mol. The zero-order valence-corrected chi connectivity index (χ0v) is 15.0. The van der Waals surface area contributed by atoms with Gasteiger partial charge in [0.25, 0.3) is 0 Å². The molecule has 1 N–H and O–H groups in total. The molecule has 1 fully saturated rings. The summed E-state index contributed by atoms with van der Waals surface area (Å²) in [7, 11) is 0. The highest BCUT2D eigenvalue weighted by Gasteiger charge is 2.33. The van der Waals surface area contributed by atoms with E-state index in [1.807, 2.05) is 42.2 Å². The molecule has 0 saturated carbocycles. The van der Waals surface area contributed by atoms with Gasteiger partial charge in [-0.25, -0.2) is 4.79 Å². The van der Waals surface area contributed by atoms with E-state index in [0.29, 0.717) is 19.1 Å². The molecule has 1 aliphatic heterocycles. The molecule has 25 heavy (non-hydrogen) atoms. The van der Waals surface area contributed by atoms with Crippen LogP contribution in [0.5, 0.6) is 5.75 Å². The number of urea groups is 1. The van der Waals surface area contributed by atoms with Crippen molar-refractivity contribution in [3.8, 4) is 5.75 Å². The second-order valence-electron chi connectivity index (χ2n) is 6.55. The van der Waals surface area contributed by atoms with Crippen molar-refractivity contribution in [2.24, 2.45) is 0 Å². The molecule has 1 saturated heterocycles. The fraction of sp³-hybridized carbons (Fsp3) is 0.474. The third kappa shape index (κ3) is 3.95. The largest absolute Gasteiger partial charge is 0.494 e. The van der Waals surface area contributed by atoms with Gasteiger partial charge in [0.05, 0.1) is 18.3 Å². The number of likely N-dealkylation sites (tertiary alicyclic amines) is 1. The van der Waals surface area contributed by atoms with Crippen molar-refractivity contribution in [3.63, 3.8) is 0 Å². The van der Waals surface area contributed by atoms with Gasteiger partial charge in [-0.05, 0) is 49.9 Å². The summed E-state index contributed by atoms with van der Waals surface area (Å²) in [5.74, 6) is 1.87. The molecule has 2 heterocycles. The Morgan fingerprint density at radius 3 is 2.80 bits per heavy atom. The highest BCUT2D eigenvalue weighted by atomic mass is 16.5. The molecule has 3 rings (SSSR count). The summed E-state index contributed by atoms with van der Waals surface area (Å²) in [6, 6.07) is 9.20. The molecule has 6 heteroatoms. The summed E-state index contributed by atoms with van der Waals surface area (Å²) in [6.45, 7) is 7.43. The summed E-state index contributed by atoms with van der Waals surface area (Å²) < 4.78 is 10.9. The maximum atomic E-state index is 12.7. The van der Waals surface area contributed by atoms with E-state index in [4.69, 9.17) is 9.26 Å². The summed E-state index contributed by atoms with van der Waals surface area (Å²) >= 11 is 0. The summed E-state index contributed by atoms with van der Waals surface area (Å²) in [4.78, 5) is 14.5. The summed E-state index contributed by atoms with van der Waals surface area (Å²) in [6.07, 6.45) is 1.85. The second kappa shape index (κ2) is 7.59. The van der Waals surface area contributed by atoms with Gasteiger partial charge in [-0.3, -0.25) is 0 Å².